The Hall–Kier alpha value is -1.32. The molecule has 0 radical (unpaired) electrons. The number of rotatable bonds is 5. The van der Waals surface area contributed by atoms with Crippen molar-refractivity contribution in [3.8, 4) is 0 Å². The maximum atomic E-state index is 10.4. The molecular formula is C19H28N2O. The fourth-order valence-corrected chi connectivity index (χ4v) is 3.71. The molecule has 1 heterocycles. The van der Waals surface area contributed by atoms with Gasteiger partial charge in [0.2, 0.25) is 0 Å². The average molecular weight is 300 g/mol. The summed E-state index contributed by atoms with van der Waals surface area (Å²) in [7, 11) is 0. The second kappa shape index (κ2) is 6.43. The Morgan fingerprint density at radius 1 is 1.23 bits per heavy atom. The van der Waals surface area contributed by atoms with E-state index in [1.807, 2.05) is 0 Å². The standard InChI is InChI=1S/C19H28N2O/c1-13-8-9-19-18(10-13)14(2)15(3)21(19)12-17(22)11-20-16-6-4-5-7-16/h8-10,16-17,20,22H,4-7,11-12H2,1-3H3/t17-/m1/s1. The summed E-state index contributed by atoms with van der Waals surface area (Å²) < 4.78 is 2.27. The third kappa shape index (κ3) is 3.06. The summed E-state index contributed by atoms with van der Waals surface area (Å²) in [5, 5.41) is 15.3. The molecule has 1 aromatic carbocycles. The highest BCUT2D eigenvalue weighted by molar-refractivity contribution is 5.85. The Labute approximate surface area is 133 Å². The highest BCUT2D eigenvalue weighted by Crippen LogP contribution is 2.26. The number of nitrogens with one attached hydrogen (secondary N) is 1. The number of aryl methyl sites for hydroxylation is 2. The van der Waals surface area contributed by atoms with Crippen LogP contribution in [0.1, 0.15) is 42.5 Å². The van der Waals surface area contributed by atoms with Crippen LogP contribution in [0.2, 0.25) is 0 Å². The van der Waals surface area contributed by atoms with E-state index in [-0.39, 0.29) is 6.10 Å². The molecule has 0 saturated heterocycles. The van der Waals surface area contributed by atoms with E-state index in [0.717, 1.165) is 0 Å². The maximum absolute atomic E-state index is 10.4. The Balaban J connectivity index is 1.73. The second-order valence-corrected chi connectivity index (χ2v) is 6.89. The van der Waals surface area contributed by atoms with Crippen molar-refractivity contribution in [1.29, 1.82) is 0 Å². The van der Waals surface area contributed by atoms with Crippen LogP contribution in [0.5, 0.6) is 0 Å². The molecule has 1 aliphatic rings. The molecule has 1 aromatic heterocycles. The summed E-state index contributed by atoms with van der Waals surface area (Å²) in [5.74, 6) is 0. The molecule has 1 aliphatic carbocycles. The summed E-state index contributed by atoms with van der Waals surface area (Å²) in [4.78, 5) is 0. The minimum atomic E-state index is -0.337. The molecule has 22 heavy (non-hydrogen) atoms. The van der Waals surface area contributed by atoms with Crippen molar-refractivity contribution in [1.82, 2.24) is 9.88 Å². The third-order valence-electron chi connectivity index (χ3n) is 5.19. The zero-order valence-electron chi connectivity index (χ0n) is 14.0. The molecule has 1 atom stereocenters. The van der Waals surface area contributed by atoms with Gasteiger partial charge in [0, 0.05) is 29.2 Å². The Bertz CT molecular complexity index is 653. The van der Waals surface area contributed by atoms with E-state index in [2.05, 4.69) is 48.9 Å². The maximum Gasteiger partial charge on any atom is 0.0843 e. The van der Waals surface area contributed by atoms with E-state index < -0.39 is 0 Å². The minimum absolute atomic E-state index is 0.337. The molecule has 1 fully saturated rings. The van der Waals surface area contributed by atoms with E-state index in [1.54, 1.807) is 0 Å². The second-order valence-electron chi connectivity index (χ2n) is 6.89. The van der Waals surface area contributed by atoms with E-state index >= 15 is 0 Å². The van der Waals surface area contributed by atoms with E-state index in [4.69, 9.17) is 0 Å². The quantitative estimate of drug-likeness (QED) is 0.887. The van der Waals surface area contributed by atoms with E-state index in [0.29, 0.717) is 19.1 Å². The number of aliphatic hydroxyl groups excluding tert-OH is 1. The molecule has 120 valence electrons. The molecule has 1 saturated carbocycles. The first kappa shape index (κ1) is 15.6. The molecule has 3 nitrogen and oxygen atoms in total. The topological polar surface area (TPSA) is 37.2 Å². The van der Waals surface area contributed by atoms with Gasteiger partial charge in [-0.3, -0.25) is 0 Å². The SMILES string of the molecule is Cc1ccc2c(c1)c(C)c(C)n2C[C@H](O)CNC1CCCC1. The lowest BCUT2D eigenvalue weighted by molar-refractivity contribution is 0.148. The Kier molecular flexibility index (Phi) is 4.55. The predicted octanol–water partition coefficient (Wildman–Crippen LogP) is 3.46. The number of fused-ring (bicyclic) bond motifs is 1. The van der Waals surface area contributed by atoms with Crippen LogP contribution < -0.4 is 5.32 Å². The first-order valence-electron chi connectivity index (χ1n) is 8.53. The van der Waals surface area contributed by atoms with Crippen LogP contribution in [0.3, 0.4) is 0 Å². The van der Waals surface area contributed by atoms with Crippen molar-refractivity contribution in [3.63, 3.8) is 0 Å². The number of hydrogen-bond donors (Lipinski definition) is 2. The van der Waals surface area contributed by atoms with Crippen molar-refractivity contribution in [2.24, 2.45) is 0 Å². The first-order valence-corrected chi connectivity index (χ1v) is 8.53. The Morgan fingerprint density at radius 3 is 2.68 bits per heavy atom. The number of nitrogens with zero attached hydrogens (tertiary/aromatic N) is 1. The molecule has 2 N–H and O–H groups in total. The molecule has 0 aliphatic heterocycles. The van der Waals surface area contributed by atoms with Gasteiger partial charge in [0.25, 0.3) is 0 Å². The van der Waals surface area contributed by atoms with Crippen LogP contribution in [0, 0.1) is 20.8 Å². The van der Waals surface area contributed by atoms with Crippen molar-refractivity contribution >= 4 is 10.9 Å². The van der Waals surface area contributed by atoms with Crippen LogP contribution in [0.4, 0.5) is 0 Å². The normalized spacial score (nSPS) is 17.5. The van der Waals surface area contributed by atoms with Crippen LogP contribution in [0.25, 0.3) is 10.9 Å². The fraction of sp³-hybridized carbons (Fsp3) is 0.579. The summed E-state index contributed by atoms with van der Waals surface area (Å²) in [6, 6.07) is 7.20. The molecule has 0 amide bonds. The average Bonchev–Trinajstić information content (AvgIpc) is 3.09. The number of aromatic nitrogens is 1. The minimum Gasteiger partial charge on any atom is -0.390 e. The monoisotopic (exact) mass is 300 g/mol. The zero-order chi connectivity index (χ0) is 15.7. The van der Waals surface area contributed by atoms with Crippen molar-refractivity contribution in [3.05, 3.63) is 35.0 Å². The lowest BCUT2D eigenvalue weighted by Gasteiger charge is -2.18. The van der Waals surface area contributed by atoms with Crippen molar-refractivity contribution in [2.45, 2.75) is 65.1 Å². The highest BCUT2D eigenvalue weighted by atomic mass is 16.3. The summed E-state index contributed by atoms with van der Waals surface area (Å²) in [5.41, 5.74) is 5.12. The first-order chi connectivity index (χ1) is 10.6. The van der Waals surface area contributed by atoms with Crippen molar-refractivity contribution in [2.75, 3.05) is 6.54 Å². The molecule has 0 bridgehead atoms. The van der Waals surface area contributed by atoms with Crippen LogP contribution in [-0.2, 0) is 6.54 Å². The lowest BCUT2D eigenvalue weighted by atomic mass is 10.1. The highest BCUT2D eigenvalue weighted by Gasteiger charge is 2.17. The van der Waals surface area contributed by atoms with Crippen LogP contribution in [-0.4, -0.2) is 28.4 Å². The van der Waals surface area contributed by atoms with Gasteiger partial charge in [-0.25, -0.2) is 0 Å². The number of benzene rings is 1. The molecular weight excluding hydrogens is 272 g/mol. The molecule has 2 aromatic rings. The molecule has 0 spiro atoms. The van der Waals surface area contributed by atoms with Crippen LogP contribution >= 0.6 is 0 Å². The number of aliphatic hydroxyl groups is 1. The Morgan fingerprint density at radius 2 is 1.95 bits per heavy atom. The van der Waals surface area contributed by atoms with Crippen LogP contribution in [0.15, 0.2) is 18.2 Å². The van der Waals surface area contributed by atoms with Gasteiger partial charge in [-0.15, -0.1) is 0 Å². The van der Waals surface area contributed by atoms with Gasteiger partial charge in [-0.05, 0) is 51.3 Å². The zero-order valence-corrected chi connectivity index (χ0v) is 14.0. The summed E-state index contributed by atoms with van der Waals surface area (Å²) in [6.45, 7) is 7.82. The van der Waals surface area contributed by atoms with Gasteiger partial charge in [0.05, 0.1) is 12.6 Å². The largest absolute Gasteiger partial charge is 0.390 e. The van der Waals surface area contributed by atoms with E-state index in [1.165, 1.54) is 53.4 Å². The summed E-state index contributed by atoms with van der Waals surface area (Å²) >= 11 is 0. The molecule has 0 unspecified atom stereocenters. The number of hydrogen-bond acceptors (Lipinski definition) is 2. The third-order valence-corrected chi connectivity index (χ3v) is 5.19. The van der Waals surface area contributed by atoms with Gasteiger partial charge < -0.3 is 15.0 Å². The molecule has 3 heteroatoms. The van der Waals surface area contributed by atoms with Gasteiger partial charge in [0.15, 0.2) is 0 Å². The molecule has 3 rings (SSSR count). The van der Waals surface area contributed by atoms with Gasteiger partial charge in [0.1, 0.15) is 0 Å². The van der Waals surface area contributed by atoms with E-state index in [9.17, 15) is 5.11 Å². The lowest BCUT2D eigenvalue weighted by Crippen LogP contribution is -2.36. The van der Waals surface area contributed by atoms with Gasteiger partial charge in [-0.1, -0.05) is 24.5 Å². The predicted molar refractivity (Wildman–Crippen MR) is 92.4 cm³/mol. The van der Waals surface area contributed by atoms with Gasteiger partial charge in [-0.2, -0.15) is 0 Å². The smallest absolute Gasteiger partial charge is 0.0843 e. The van der Waals surface area contributed by atoms with Gasteiger partial charge >= 0.3 is 0 Å². The summed E-state index contributed by atoms with van der Waals surface area (Å²) in [6.07, 6.45) is 4.84. The van der Waals surface area contributed by atoms with Crippen molar-refractivity contribution < 1.29 is 5.11 Å². The fourth-order valence-electron chi connectivity index (χ4n) is 3.71.